The summed E-state index contributed by atoms with van der Waals surface area (Å²) < 4.78 is 0. The third kappa shape index (κ3) is 3.45. The summed E-state index contributed by atoms with van der Waals surface area (Å²) in [6.07, 6.45) is 2.55. The van der Waals surface area contributed by atoms with E-state index in [4.69, 9.17) is 11.5 Å². The van der Waals surface area contributed by atoms with E-state index >= 15 is 0 Å². The van der Waals surface area contributed by atoms with Crippen molar-refractivity contribution < 1.29 is 4.79 Å². The second-order valence-corrected chi connectivity index (χ2v) is 2.44. The number of rotatable bonds is 5. The summed E-state index contributed by atoms with van der Waals surface area (Å²) in [7, 11) is 0. The topological polar surface area (TPSA) is 69.1 Å². The molecule has 0 radical (unpaired) electrons. The number of hydrogen-bond acceptors (Lipinski definition) is 2. The highest BCUT2D eigenvalue weighted by Crippen LogP contribution is 2.08. The summed E-state index contributed by atoms with van der Waals surface area (Å²) in [5.41, 5.74) is 10.4. The highest BCUT2D eigenvalue weighted by molar-refractivity contribution is 5.76. The van der Waals surface area contributed by atoms with Gasteiger partial charge in [0, 0.05) is 5.92 Å². The Labute approximate surface area is 61.8 Å². The summed E-state index contributed by atoms with van der Waals surface area (Å²) in [6, 6.07) is 0. The predicted octanol–water partition coefficient (Wildman–Crippen LogP) is 0.237. The zero-order chi connectivity index (χ0) is 7.98. The van der Waals surface area contributed by atoms with E-state index in [9.17, 15) is 4.79 Å². The van der Waals surface area contributed by atoms with Gasteiger partial charge in [-0.25, -0.2) is 0 Å². The lowest BCUT2D eigenvalue weighted by molar-refractivity contribution is -0.122. The minimum Gasteiger partial charge on any atom is -0.369 e. The minimum atomic E-state index is -0.198. The van der Waals surface area contributed by atoms with Gasteiger partial charge in [0.25, 0.3) is 0 Å². The van der Waals surface area contributed by atoms with Gasteiger partial charge in [-0.3, -0.25) is 4.79 Å². The Morgan fingerprint density at radius 3 is 2.50 bits per heavy atom. The standard InChI is InChI=1S/C7H16N2O/c1-2-6(7(9)10)4-3-5-8/h6H,2-5,8H2,1H3,(H2,9,10). The van der Waals surface area contributed by atoms with Crippen LogP contribution >= 0.6 is 0 Å². The van der Waals surface area contributed by atoms with Gasteiger partial charge in [-0.2, -0.15) is 0 Å². The normalized spacial score (nSPS) is 13.0. The molecule has 3 heteroatoms. The van der Waals surface area contributed by atoms with Crippen LogP contribution in [0.25, 0.3) is 0 Å². The van der Waals surface area contributed by atoms with Crippen LogP contribution in [0.5, 0.6) is 0 Å². The Hall–Kier alpha value is -0.570. The van der Waals surface area contributed by atoms with E-state index in [1.165, 1.54) is 0 Å². The highest BCUT2D eigenvalue weighted by atomic mass is 16.1. The molecule has 1 atom stereocenters. The van der Waals surface area contributed by atoms with E-state index in [-0.39, 0.29) is 11.8 Å². The van der Waals surface area contributed by atoms with Crippen LogP contribution in [-0.4, -0.2) is 12.5 Å². The van der Waals surface area contributed by atoms with Crippen LogP contribution in [0, 0.1) is 5.92 Å². The van der Waals surface area contributed by atoms with Gasteiger partial charge in [-0.15, -0.1) is 0 Å². The van der Waals surface area contributed by atoms with Crippen LogP contribution in [0.1, 0.15) is 26.2 Å². The monoisotopic (exact) mass is 144 g/mol. The molecule has 0 aromatic heterocycles. The van der Waals surface area contributed by atoms with Crippen LogP contribution in [-0.2, 0) is 4.79 Å². The number of hydrogen-bond donors (Lipinski definition) is 2. The Bertz CT molecular complexity index is 104. The van der Waals surface area contributed by atoms with Crippen molar-refractivity contribution in [2.24, 2.45) is 17.4 Å². The summed E-state index contributed by atoms with van der Waals surface area (Å²) in [6.45, 7) is 2.61. The zero-order valence-corrected chi connectivity index (χ0v) is 6.47. The van der Waals surface area contributed by atoms with Crippen molar-refractivity contribution in [1.82, 2.24) is 0 Å². The number of carbonyl (C=O) groups excluding carboxylic acids is 1. The van der Waals surface area contributed by atoms with Gasteiger partial charge in [0.1, 0.15) is 0 Å². The average Bonchev–Trinajstić information content (AvgIpc) is 1.89. The molecule has 1 amide bonds. The molecule has 0 rings (SSSR count). The Morgan fingerprint density at radius 1 is 1.60 bits per heavy atom. The fourth-order valence-corrected chi connectivity index (χ4v) is 0.912. The summed E-state index contributed by atoms with van der Waals surface area (Å²) in [4.78, 5) is 10.6. The highest BCUT2D eigenvalue weighted by Gasteiger charge is 2.10. The third-order valence-corrected chi connectivity index (χ3v) is 1.65. The molecule has 3 nitrogen and oxygen atoms in total. The second-order valence-electron chi connectivity index (χ2n) is 2.44. The Kier molecular flexibility index (Phi) is 4.94. The first-order valence-electron chi connectivity index (χ1n) is 3.71. The molecule has 1 unspecified atom stereocenters. The Balaban J connectivity index is 3.50. The largest absolute Gasteiger partial charge is 0.369 e. The van der Waals surface area contributed by atoms with Crippen LogP contribution in [0.2, 0.25) is 0 Å². The van der Waals surface area contributed by atoms with E-state index in [1.54, 1.807) is 0 Å². The van der Waals surface area contributed by atoms with E-state index in [1.807, 2.05) is 6.92 Å². The van der Waals surface area contributed by atoms with Gasteiger partial charge in [-0.1, -0.05) is 6.92 Å². The van der Waals surface area contributed by atoms with Crippen LogP contribution in [0.3, 0.4) is 0 Å². The van der Waals surface area contributed by atoms with Gasteiger partial charge in [0.2, 0.25) is 5.91 Å². The van der Waals surface area contributed by atoms with Crippen molar-refractivity contribution in [3.05, 3.63) is 0 Å². The molecule has 0 aliphatic heterocycles. The lowest BCUT2D eigenvalue weighted by atomic mass is 10.00. The molecule has 0 aromatic rings. The first kappa shape index (κ1) is 9.43. The van der Waals surface area contributed by atoms with E-state index in [0.29, 0.717) is 6.54 Å². The molecule has 0 aliphatic rings. The smallest absolute Gasteiger partial charge is 0.220 e. The molecule has 4 N–H and O–H groups in total. The molecule has 0 aromatic carbocycles. The summed E-state index contributed by atoms with van der Waals surface area (Å²) in [5.74, 6) is -0.167. The van der Waals surface area contributed by atoms with Crippen LogP contribution in [0.4, 0.5) is 0 Å². The fourth-order valence-electron chi connectivity index (χ4n) is 0.912. The van der Waals surface area contributed by atoms with Crippen molar-refractivity contribution in [1.29, 1.82) is 0 Å². The summed E-state index contributed by atoms with van der Waals surface area (Å²) >= 11 is 0. The van der Waals surface area contributed by atoms with E-state index in [2.05, 4.69) is 0 Å². The summed E-state index contributed by atoms with van der Waals surface area (Å²) in [5, 5.41) is 0. The molecule has 0 bridgehead atoms. The lowest BCUT2D eigenvalue weighted by Gasteiger charge is -2.08. The van der Waals surface area contributed by atoms with Gasteiger partial charge in [0.05, 0.1) is 0 Å². The van der Waals surface area contributed by atoms with Crippen molar-refractivity contribution in [3.63, 3.8) is 0 Å². The maximum Gasteiger partial charge on any atom is 0.220 e. The molecule has 0 spiro atoms. The van der Waals surface area contributed by atoms with Crippen molar-refractivity contribution >= 4 is 5.91 Å². The molecular weight excluding hydrogens is 128 g/mol. The van der Waals surface area contributed by atoms with E-state index in [0.717, 1.165) is 19.3 Å². The van der Waals surface area contributed by atoms with E-state index < -0.39 is 0 Å². The first-order chi connectivity index (χ1) is 4.72. The number of primary amides is 1. The Morgan fingerprint density at radius 2 is 2.20 bits per heavy atom. The molecule has 60 valence electrons. The number of carbonyl (C=O) groups is 1. The maximum atomic E-state index is 10.6. The van der Waals surface area contributed by atoms with Crippen molar-refractivity contribution in [2.45, 2.75) is 26.2 Å². The zero-order valence-electron chi connectivity index (χ0n) is 6.47. The predicted molar refractivity (Wildman–Crippen MR) is 41.3 cm³/mol. The molecular formula is C7H16N2O. The maximum absolute atomic E-state index is 10.6. The number of amides is 1. The fraction of sp³-hybridized carbons (Fsp3) is 0.857. The van der Waals surface area contributed by atoms with Gasteiger partial charge < -0.3 is 11.5 Å². The van der Waals surface area contributed by atoms with Gasteiger partial charge in [0.15, 0.2) is 0 Å². The molecule has 0 saturated carbocycles. The van der Waals surface area contributed by atoms with Gasteiger partial charge >= 0.3 is 0 Å². The average molecular weight is 144 g/mol. The molecule has 10 heavy (non-hydrogen) atoms. The van der Waals surface area contributed by atoms with Crippen LogP contribution in [0.15, 0.2) is 0 Å². The first-order valence-corrected chi connectivity index (χ1v) is 3.71. The van der Waals surface area contributed by atoms with Crippen LogP contribution < -0.4 is 11.5 Å². The minimum absolute atomic E-state index is 0.0311. The third-order valence-electron chi connectivity index (χ3n) is 1.65. The molecule has 0 aliphatic carbocycles. The van der Waals surface area contributed by atoms with Crippen molar-refractivity contribution in [2.75, 3.05) is 6.54 Å². The van der Waals surface area contributed by atoms with Gasteiger partial charge in [-0.05, 0) is 25.8 Å². The molecule has 0 heterocycles. The lowest BCUT2D eigenvalue weighted by Crippen LogP contribution is -2.23. The molecule has 0 saturated heterocycles. The van der Waals surface area contributed by atoms with Crippen molar-refractivity contribution in [3.8, 4) is 0 Å². The SMILES string of the molecule is CCC(CCCN)C(N)=O. The molecule has 0 fully saturated rings. The second kappa shape index (κ2) is 5.23. The number of nitrogens with two attached hydrogens (primary N) is 2. The quantitative estimate of drug-likeness (QED) is 0.580.